The average Bonchev–Trinajstić information content (AvgIpc) is 3.50. The van der Waals surface area contributed by atoms with Crippen LogP contribution in [0.1, 0.15) is 17.7 Å². The maximum Gasteiger partial charge on any atom is 0.176 e. The molecule has 0 saturated carbocycles. The molecule has 0 amide bonds. The lowest BCUT2D eigenvalue weighted by Gasteiger charge is -2.41. The molecule has 164 valence electrons. The normalized spacial score (nSPS) is 18.7. The van der Waals surface area contributed by atoms with Crippen LogP contribution in [0.2, 0.25) is 0 Å². The van der Waals surface area contributed by atoms with Gasteiger partial charge in [0.15, 0.2) is 11.6 Å². The van der Waals surface area contributed by atoms with E-state index in [2.05, 4.69) is 39.4 Å². The van der Waals surface area contributed by atoms with Gasteiger partial charge >= 0.3 is 0 Å². The van der Waals surface area contributed by atoms with Gasteiger partial charge in [0.2, 0.25) is 0 Å². The second kappa shape index (κ2) is 7.55. The second-order valence-electron chi connectivity index (χ2n) is 8.20. The minimum Gasteiger partial charge on any atom is -0.381 e. The Kier molecular flexibility index (Phi) is 4.76. The van der Waals surface area contributed by atoms with Crippen LogP contribution in [0, 0.1) is 11.6 Å². The van der Waals surface area contributed by atoms with Gasteiger partial charge in [-0.3, -0.25) is 4.90 Å². The van der Waals surface area contributed by atoms with Crippen LogP contribution in [0.4, 0.5) is 20.2 Å². The van der Waals surface area contributed by atoms with E-state index >= 15 is 0 Å². The van der Waals surface area contributed by atoms with E-state index in [4.69, 9.17) is 4.74 Å². The number of hydrogen-bond donors (Lipinski definition) is 1. The topological polar surface area (TPSA) is 50.3 Å². The number of thiophene rings is 1. The van der Waals surface area contributed by atoms with E-state index in [1.165, 1.54) is 28.5 Å². The Morgan fingerprint density at radius 2 is 2.03 bits per heavy atom. The number of fused-ring (bicyclic) bond motifs is 2. The molecule has 4 aromatic rings. The van der Waals surface area contributed by atoms with E-state index in [1.807, 2.05) is 0 Å². The van der Waals surface area contributed by atoms with Gasteiger partial charge in [-0.05, 0) is 43.7 Å². The van der Waals surface area contributed by atoms with Gasteiger partial charge in [-0.15, -0.1) is 22.7 Å². The quantitative estimate of drug-likeness (QED) is 0.410. The van der Waals surface area contributed by atoms with Gasteiger partial charge in [0.05, 0.1) is 21.4 Å². The Morgan fingerprint density at radius 3 is 2.88 bits per heavy atom. The van der Waals surface area contributed by atoms with Gasteiger partial charge in [0.25, 0.3) is 0 Å². The first-order valence-corrected chi connectivity index (χ1v) is 12.1. The van der Waals surface area contributed by atoms with Crippen molar-refractivity contribution in [2.75, 3.05) is 32.1 Å². The molecular weight excluding hydrogens is 450 g/mol. The minimum atomic E-state index is -0.678. The van der Waals surface area contributed by atoms with Crippen LogP contribution in [-0.4, -0.2) is 47.2 Å². The van der Waals surface area contributed by atoms with Crippen molar-refractivity contribution in [3.05, 3.63) is 52.5 Å². The molecule has 2 aliphatic rings. The molecule has 0 aliphatic carbocycles. The molecule has 1 saturated heterocycles. The molecule has 1 spiro atoms. The van der Waals surface area contributed by atoms with Crippen molar-refractivity contribution in [2.45, 2.75) is 18.4 Å². The van der Waals surface area contributed by atoms with Crippen LogP contribution in [-0.2, 0) is 4.74 Å². The van der Waals surface area contributed by atoms with Crippen LogP contribution in [0.25, 0.3) is 26.0 Å². The summed E-state index contributed by atoms with van der Waals surface area (Å²) >= 11 is 2.83. The number of likely N-dealkylation sites (N-methyl/N-ethyl adjacent to an activating group) is 1. The van der Waals surface area contributed by atoms with E-state index in [1.54, 1.807) is 23.6 Å². The Labute approximate surface area is 191 Å². The second-order valence-corrected chi connectivity index (χ2v) is 10.1. The third-order valence-electron chi connectivity index (χ3n) is 6.60. The zero-order valence-corrected chi connectivity index (χ0v) is 19.0. The SMILES string of the molecule is CN1CC=C(c2cc3c(Nc4c(F)cc5scnc5c4F)ccnc3s2)C12CCOCC2. The maximum absolute atomic E-state index is 15.0. The monoisotopic (exact) mass is 470 g/mol. The zero-order chi connectivity index (χ0) is 21.9. The van der Waals surface area contributed by atoms with Gasteiger partial charge in [-0.25, -0.2) is 18.7 Å². The fourth-order valence-electron chi connectivity index (χ4n) is 4.85. The molecule has 5 nitrogen and oxygen atoms in total. The third-order valence-corrected chi connectivity index (χ3v) is 8.45. The lowest BCUT2D eigenvalue weighted by atomic mass is 9.82. The summed E-state index contributed by atoms with van der Waals surface area (Å²) in [4.78, 5) is 12.9. The number of benzene rings is 1. The van der Waals surface area contributed by atoms with Crippen LogP contribution < -0.4 is 5.32 Å². The Morgan fingerprint density at radius 1 is 1.19 bits per heavy atom. The smallest absolute Gasteiger partial charge is 0.176 e. The summed E-state index contributed by atoms with van der Waals surface area (Å²) in [6.07, 6.45) is 5.86. The van der Waals surface area contributed by atoms with Crippen molar-refractivity contribution >= 4 is 60.1 Å². The summed E-state index contributed by atoms with van der Waals surface area (Å²) in [6.45, 7) is 2.39. The summed E-state index contributed by atoms with van der Waals surface area (Å²) in [5, 5.41) is 3.83. The summed E-state index contributed by atoms with van der Waals surface area (Å²) < 4.78 is 35.8. The third kappa shape index (κ3) is 2.99. The van der Waals surface area contributed by atoms with Crippen molar-refractivity contribution in [2.24, 2.45) is 0 Å². The van der Waals surface area contributed by atoms with E-state index in [-0.39, 0.29) is 16.7 Å². The van der Waals surface area contributed by atoms with E-state index < -0.39 is 11.6 Å². The van der Waals surface area contributed by atoms with Crippen LogP contribution in [0.15, 0.2) is 36.0 Å². The highest BCUT2D eigenvalue weighted by molar-refractivity contribution is 7.19. The first-order chi connectivity index (χ1) is 15.6. The fourth-order valence-corrected chi connectivity index (χ4v) is 6.71. The highest BCUT2D eigenvalue weighted by Crippen LogP contribution is 2.47. The molecule has 5 heterocycles. The van der Waals surface area contributed by atoms with Gasteiger partial charge in [0, 0.05) is 36.2 Å². The van der Waals surface area contributed by atoms with Gasteiger partial charge < -0.3 is 10.1 Å². The number of rotatable bonds is 3. The molecule has 2 aliphatic heterocycles. The van der Waals surface area contributed by atoms with Gasteiger partial charge in [-0.1, -0.05) is 6.08 Å². The predicted octanol–water partition coefficient (Wildman–Crippen LogP) is 5.81. The van der Waals surface area contributed by atoms with E-state index in [0.717, 1.165) is 47.7 Å². The van der Waals surface area contributed by atoms with E-state index in [0.29, 0.717) is 10.4 Å². The molecular formula is C23H20F2N4OS2. The molecule has 3 aromatic heterocycles. The minimum absolute atomic E-state index is 0.0272. The molecule has 0 bridgehead atoms. The molecule has 0 atom stereocenters. The van der Waals surface area contributed by atoms with Crippen LogP contribution in [0.3, 0.4) is 0 Å². The summed E-state index contributed by atoms with van der Waals surface area (Å²) in [7, 11) is 2.16. The first kappa shape index (κ1) is 20.2. The lowest BCUT2D eigenvalue weighted by molar-refractivity contribution is 0.0221. The summed E-state index contributed by atoms with van der Waals surface area (Å²) in [6, 6.07) is 5.17. The molecule has 9 heteroatoms. The molecule has 6 rings (SSSR count). The Balaban J connectivity index is 1.42. The van der Waals surface area contributed by atoms with Gasteiger partial charge in [-0.2, -0.15) is 0 Å². The summed E-state index contributed by atoms with van der Waals surface area (Å²) in [5.74, 6) is -1.32. The Bertz CT molecular complexity index is 1370. The number of pyridine rings is 1. The van der Waals surface area contributed by atoms with E-state index in [9.17, 15) is 8.78 Å². The average molecular weight is 471 g/mol. The highest BCUT2D eigenvalue weighted by atomic mass is 32.1. The van der Waals surface area contributed by atoms with Crippen LogP contribution >= 0.6 is 22.7 Å². The number of thiazole rings is 1. The fraction of sp³-hybridized carbons (Fsp3) is 0.304. The number of aromatic nitrogens is 2. The number of anilines is 2. The largest absolute Gasteiger partial charge is 0.381 e. The number of hydrogen-bond acceptors (Lipinski definition) is 7. The number of nitrogens with zero attached hydrogens (tertiary/aromatic N) is 3. The predicted molar refractivity (Wildman–Crippen MR) is 126 cm³/mol. The molecule has 1 N–H and O–H groups in total. The van der Waals surface area contributed by atoms with Gasteiger partial charge in [0.1, 0.15) is 16.0 Å². The van der Waals surface area contributed by atoms with Crippen molar-refractivity contribution in [1.29, 1.82) is 0 Å². The first-order valence-electron chi connectivity index (χ1n) is 10.4. The van der Waals surface area contributed by atoms with Crippen molar-refractivity contribution in [3.63, 3.8) is 0 Å². The maximum atomic E-state index is 15.0. The lowest BCUT2D eigenvalue weighted by Crippen LogP contribution is -2.47. The van der Waals surface area contributed by atoms with Crippen LogP contribution in [0.5, 0.6) is 0 Å². The molecule has 0 radical (unpaired) electrons. The molecule has 1 fully saturated rings. The number of halogens is 2. The molecule has 1 aromatic carbocycles. The summed E-state index contributed by atoms with van der Waals surface area (Å²) in [5.41, 5.74) is 3.41. The zero-order valence-electron chi connectivity index (χ0n) is 17.3. The van der Waals surface area contributed by atoms with Crippen molar-refractivity contribution in [1.82, 2.24) is 14.9 Å². The highest BCUT2D eigenvalue weighted by Gasteiger charge is 2.44. The molecule has 32 heavy (non-hydrogen) atoms. The standard InChI is InChI=1S/C23H20F2N4OS2/c1-29-7-3-14(23(29)4-8-30-9-5-23)17-10-13-16(2-6-26-22(13)32-17)28-20-15(24)11-18-21(19(20)25)27-12-31-18/h2-3,6,10-12H,4-5,7-9H2,1H3,(H,26,28). The number of ether oxygens (including phenoxy) is 1. The number of nitrogens with one attached hydrogen (secondary N) is 1. The Hall–Kier alpha value is -2.46. The van der Waals surface area contributed by atoms with Crippen molar-refractivity contribution < 1.29 is 13.5 Å². The van der Waals surface area contributed by atoms with Crippen molar-refractivity contribution in [3.8, 4) is 0 Å². The molecule has 0 unspecified atom stereocenters.